The Hall–Kier alpha value is -0.830. The van der Waals surface area contributed by atoms with Crippen LogP contribution in [0.2, 0.25) is 0 Å². The van der Waals surface area contributed by atoms with E-state index in [0.717, 1.165) is 5.33 Å². The van der Waals surface area contributed by atoms with E-state index in [4.69, 9.17) is 5.11 Å². The first kappa shape index (κ1) is 11.2. The summed E-state index contributed by atoms with van der Waals surface area (Å²) in [4.78, 5) is 10.2. The van der Waals surface area contributed by atoms with Crippen LogP contribution >= 0.6 is 15.9 Å². The van der Waals surface area contributed by atoms with Gasteiger partial charge in [0.25, 0.3) is 0 Å². The van der Waals surface area contributed by atoms with Crippen LogP contribution in [0, 0.1) is 0 Å². The van der Waals surface area contributed by atoms with Crippen LogP contribution in [0.3, 0.4) is 0 Å². The van der Waals surface area contributed by atoms with Gasteiger partial charge in [-0.25, -0.2) is 4.79 Å². The second-order valence-corrected chi connectivity index (χ2v) is 3.06. The Balaban J connectivity index is 0.000000354. The van der Waals surface area contributed by atoms with Gasteiger partial charge in [-0.15, -0.1) is 0 Å². The lowest BCUT2D eigenvalue weighted by atomic mass is 10.2. The first-order chi connectivity index (χ1) is 5.72. The number of aromatic carboxylic acids is 1. The third kappa shape index (κ3) is 4.91. The molecule has 0 heterocycles. The Kier molecular flexibility index (Phi) is 6.38. The molecule has 12 heavy (non-hydrogen) atoms. The fourth-order valence-electron chi connectivity index (χ4n) is 0.581. The Labute approximate surface area is 80.4 Å². The quantitative estimate of drug-likeness (QED) is 0.754. The van der Waals surface area contributed by atoms with E-state index >= 15 is 0 Å². The second kappa shape index (κ2) is 6.85. The summed E-state index contributed by atoms with van der Waals surface area (Å²) in [5.74, 6) is -0.879. The van der Waals surface area contributed by atoms with Crippen molar-refractivity contribution < 1.29 is 9.90 Å². The molecule has 0 radical (unpaired) electrons. The van der Waals surface area contributed by atoms with Crippen LogP contribution in [-0.2, 0) is 0 Å². The summed E-state index contributed by atoms with van der Waals surface area (Å²) < 4.78 is 0. The highest BCUT2D eigenvalue weighted by molar-refractivity contribution is 9.09. The molecular formula is C9H11BrO2. The molecule has 0 saturated heterocycles. The molecule has 0 unspecified atom stereocenters. The second-order valence-electron chi connectivity index (χ2n) is 1.94. The smallest absolute Gasteiger partial charge is 0.335 e. The van der Waals surface area contributed by atoms with E-state index in [2.05, 4.69) is 15.9 Å². The van der Waals surface area contributed by atoms with Crippen LogP contribution in [0.4, 0.5) is 0 Å². The standard InChI is InChI=1S/C7H6O2.C2H5Br/c8-7(9)6-4-2-1-3-5-6;1-2-3/h1-5H,(H,8,9);2H2,1H3. The molecule has 1 N–H and O–H groups in total. The molecular weight excluding hydrogens is 220 g/mol. The zero-order chi connectivity index (χ0) is 9.40. The molecule has 0 aromatic heterocycles. The van der Waals surface area contributed by atoms with Gasteiger partial charge in [0.2, 0.25) is 0 Å². The van der Waals surface area contributed by atoms with Gasteiger partial charge in [-0.3, -0.25) is 0 Å². The maximum absolute atomic E-state index is 10.2. The number of carbonyl (C=O) groups is 1. The molecule has 2 nitrogen and oxygen atoms in total. The maximum atomic E-state index is 10.2. The lowest BCUT2D eigenvalue weighted by Gasteiger charge is -1.88. The number of hydrogen-bond acceptors (Lipinski definition) is 1. The van der Waals surface area contributed by atoms with Gasteiger partial charge in [-0.05, 0) is 12.1 Å². The molecule has 1 aromatic rings. The van der Waals surface area contributed by atoms with E-state index in [1.165, 1.54) is 0 Å². The van der Waals surface area contributed by atoms with Crippen molar-refractivity contribution in [2.45, 2.75) is 6.92 Å². The summed E-state index contributed by atoms with van der Waals surface area (Å²) in [6.45, 7) is 2.04. The molecule has 1 aromatic carbocycles. The van der Waals surface area contributed by atoms with Crippen LogP contribution < -0.4 is 0 Å². The van der Waals surface area contributed by atoms with E-state index in [0.29, 0.717) is 5.56 Å². The van der Waals surface area contributed by atoms with Gasteiger partial charge >= 0.3 is 5.97 Å². The number of halogens is 1. The van der Waals surface area contributed by atoms with E-state index < -0.39 is 5.97 Å². The Morgan fingerprint density at radius 3 is 2.08 bits per heavy atom. The summed E-state index contributed by atoms with van der Waals surface area (Å²) in [5, 5.41) is 9.45. The van der Waals surface area contributed by atoms with Gasteiger partial charge in [-0.2, -0.15) is 0 Å². The molecule has 0 atom stereocenters. The predicted octanol–water partition coefficient (Wildman–Crippen LogP) is 2.79. The van der Waals surface area contributed by atoms with Gasteiger partial charge in [0.05, 0.1) is 5.56 Å². The van der Waals surface area contributed by atoms with Crippen molar-refractivity contribution in [1.82, 2.24) is 0 Å². The molecule has 0 aliphatic heterocycles. The van der Waals surface area contributed by atoms with E-state index in [1.807, 2.05) is 6.92 Å². The van der Waals surface area contributed by atoms with Gasteiger partial charge < -0.3 is 5.11 Å². The normalized spacial score (nSPS) is 8.17. The number of carboxylic acid groups (broad SMARTS) is 1. The monoisotopic (exact) mass is 230 g/mol. The van der Waals surface area contributed by atoms with Crippen LogP contribution in [0.25, 0.3) is 0 Å². The fourth-order valence-corrected chi connectivity index (χ4v) is 0.581. The lowest BCUT2D eigenvalue weighted by molar-refractivity contribution is 0.0697. The summed E-state index contributed by atoms with van der Waals surface area (Å²) in [6, 6.07) is 8.30. The van der Waals surface area contributed by atoms with Crippen LogP contribution in [0.1, 0.15) is 17.3 Å². The predicted molar refractivity (Wildman–Crippen MR) is 52.9 cm³/mol. The van der Waals surface area contributed by atoms with Crippen molar-refractivity contribution in [3.8, 4) is 0 Å². The van der Waals surface area contributed by atoms with Crippen molar-refractivity contribution >= 4 is 21.9 Å². The third-order valence-corrected chi connectivity index (χ3v) is 1.02. The van der Waals surface area contributed by atoms with Crippen LogP contribution in [0.5, 0.6) is 0 Å². The molecule has 66 valence electrons. The molecule has 0 saturated carbocycles. The summed E-state index contributed by atoms with van der Waals surface area (Å²) in [7, 11) is 0. The largest absolute Gasteiger partial charge is 0.478 e. The molecule has 1 rings (SSSR count). The fraction of sp³-hybridized carbons (Fsp3) is 0.222. The van der Waals surface area contributed by atoms with Crippen molar-refractivity contribution in [3.63, 3.8) is 0 Å². The highest BCUT2D eigenvalue weighted by atomic mass is 79.9. The van der Waals surface area contributed by atoms with E-state index in [1.54, 1.807) is 30.3 Å². The number of benzene rings is 1. The Morgan fingerprint density at radius 2 is 1.83 bits per heavy atom. The summed E-state index contributed by atoms with van der Waals surface area (Å²) in [5.41, 5.74) is 0.331. The molecule has 0 fully saturated rings. The van der Waals surface area contributed by atoms with Crippen LogP contribution in [0.15, 0.2) is 30.3 Å². The van der Waals surface area contributed by atoms with Crippen molar-refractivity contribution in [2.75, 3.05) is 5.33 Å². The molecule has 0 spiro atoms. The van der Waals surface area contributed by atoms with Crippen molar-refractivity contribution in [1.29, 1.82) is 0 Å². The first-order valence-electron chi connectivity index (χ1n) is 3.56. The van der Waals surface area contributed by atoms with Gasteiger partial charge in [0, 0.05) is 5.33 Å². The molecule has 0 aliphatic rings. The number of hydrogen-bond donors (Lipinski definition) is 1. The summed E-state index contributed by atoms with van der Waals surface area (Å²) in [6.07, 6.45) is 0. The third-order valence-electron chi connectivity index (χ3n) is 1.02. The minimum Gasteiger partial charge on any atom is -0.478 e. The van der Waals surface area contributed by atoms with Gasteiger partial charge in [0.15, 0.2) is 0 Å². The SMILES string of the molecule is CCBr.O=C(O)c1ccccc1. The van der Waals surface area contributed by atoms with Crippen molar-refractivity contribution in [3.05, 3.63) is 35.9 Å². The minimum absolute atomic E-state index is 0.331. The minimum atomic E-state index is -0.879. The number of rotatable bonds is 1. The van der Waals surface area contributed by atoms with Crippen molar-refractivity contribution in [2.24, 2.45) is 0 Å². The topological polar surface area (TPSA) is 37.3 Å². The molecule has 3 heteroatoms. The Bertz CT molecular complexity index is 221. The van der Waals surface area contributed by atoms with E-state index in [9.17, 15) is 4.79 Å². The number of carboxylic acids is 1. The van der Waals surface area contributed by atoms with E-state index in [-0.39, 0.29) is 0 Å². The zero-order valence-electron chi connectivity index (χ0n) is 6.83. The average molecular weight is 231 g/mol. The maximum Gasteiger partial charge on any atom is 0.335 e. The van der Waals surface area contributed by atoms with Crippen LogP contribution in [-0.4, -0.2) is 16.4 Å². The highest BCUT2D eigenvalue weighted by Crippen LogP contribution is 1.96. The summed E-state index contributed by atoms with van der Waals surface area (Å²) >= 11 is 3.15. The zero-order valence-corrected chi connectivity index (χ0v) is 8.41. The number of alkyl halides is 1. The molecule has 0 amide bonds. The Morgan fingerprint density at radius 1 is 1.42 bits per heavy atom. The molecule has 0 aliphatic carbocycles. The van der Waals surface area contributed by atoms with Gasteiger partial charge in [-0.1, -0.05) is 41.1 Å². The first-order valence-corrected chi connectivity index (χ1v) is 4.68. The van der Waals surface area contributed by atoms with Gasteiger partial charge in [0.1, 0.15) is 0 Å². The molecule has 0 bridgehead atoms. The highest BCUT2D eigenvalue weighted by Gasteiger charge is 1.96. The average Bonchev–Trinajstić information content (AvgIpc) is 2.07. The lowest BCUT2D eigenvalue weighted by Crippen LogP contribution is -1.93.